The Morgan fingerprint density at radius 3 is 2.38 bits per heavy atom. The molecule has 0 radical (unpaired) electrons. The van der Waals surface area contributed by atoms with Crippen molar-refractivity contribution >= 4 is 16.7 Å². The van der Waals surface area contributed by atoms with Gasteiger partial charge in [0, 0.05) is 10.5 Å². The van der Waals surface area contributed by atoms with Crippen LogP contribution in [0.1, 0.15) is 12.5 Å². The number of rotatable bonds is 2. The predicted molar refractivity (Wildman–Crippen MR) is 58.2 cm³/mol. The van der Waals surface area contributed by atoms with Crippen molar-refractivity contribution in [3.05, 3.63) is 41.5 Å². The van der Waals surface area contributed by atoms with E-state index in [9.17, 15) is 0 Å². The molecule has 0 atom stereocenters. The van der Waals surface area contributed by atoms with Gasteiger partial charge in [-0.05, 0) is 18.7 Å². The fourth-order valence-electron chi connectivity index (χ4n) is 1.13. The first kappa shape index (κ1) is 9.88. The molecule has 2 heteroatoms. The van der Waals surface area contributed by atoms with E-state index in [1.165, 1.54) is 0 Å². The summed E-state index contributed by atoms with van der Waals surface area (Å²) < 4.78 is 0. The standard InChI is InChI=1S/C11H11NS/c1-9(8-12)11(13-2)10-6-4-3-5-7-10/h3-7H,1-2H3/b11-9-. The van der Waals surface area contributed by atoms with Gasteiger partial charge in [0.1, 0.15) is 0 Å². The quantitative estimate of drug-likeness (QED) is 0.666. The van der Waals surface area contributed by atoms with Crippen molar-refractivity contribution in [3.63, 3.8) is 0 Å². The summed E-state index contributed by atoms with van der Waals surface area (Å²) in [6, 6.07) is 12.2. The largest absolute Gasteiger partial charge is 0.193 e. The molecule has 0 aromatic heterocycles. The summed E-state index contributed by atoms with van der Waals surface area (Å²) in [5.74, 6) is 0. The molecule has 0 fully saturated rings. The number of hydrogen-bond acceptors (Lipinski definition) is 2. The van der Waals surface area contributed by atoms with Crippen LogP contribution in [0.15, 0.2) is 35.9 Å². The molecule has 0 saturated carbocycles. The van der Waals surface area contributed by atoms with Crippen LogP contribution in [-0.2, 0) is 0 Å². The van der Waals surface area contributed by atoms with Gasteiger partial charge in [0.05, 0.1) is 6.07 Å². The summed E-state index contributed by atoms with van der Waals surface area (Å²) >= 11 is 1.61. The fraction of sp³-hybridized carbons (Fsp3) is 0.182. The zero-order valence-electron chi connectivity index (χ0n) is 7.74. The van der Waals surface area contributed by atoms with Crippen LogP contribution in [0.5, 0.6) is 0 Å². The first-order chi connectivity index (χ1) is 6.29. The molecule has 0 spiro atoms. The van der Waals surface area contributed by atoms with Gasteiger partial charge in [0.2, 0.25) is 0 Å². The van der Waals surface area contributed by atoms with Crippen LogP contribution >= 0.6 is 11.8 Å². The molecule has 1 aromatic rings. The molecule has 13 heavy (non-hydrogen) atoms. The summed E-state index contributed by atoms with van der Waals surface area (Å²) in [5.41, 5.74) is 1.90. The Hall–Kier alpha value is -1.20. The second-order valence-electron chi connectivity index (χ2n) is 2.64. The first-order valence-corrected chi connectivity index (χ1v) is 5.22. The van der Waals surface area contributed by atoms with Crippen molar-refractivity contribution in [2.45, 2.75) is 6.92 Å². The Morgan fingerprint density at radius 2 is 1.92 bits per heavy atom. The lowest BCUT2D eigenvalue weighted by molar-refractivity contribution is 1.45. The van der Waals surface area contributed by atoms with E-state index < -0.39 is 0 Å². The van der Waals surface area contributed by atoms with Gasteiger partial charge in [0.15, 0.2) is 0 Å². The smallest absolute Gasteiger partial charge is 0.0956 e. The van der Waals surface area contributed by atoms with Crippen molar-refractivity contribution in [1.29, 1.82) is 5.26 Å². The molecule has 0 N–H and O–H groups in total. The number of hydrogen-bond donors (Lipinski definition) is 0. The molecule has 0 aliphatic heterocycles. The van der Waals surface area contributed by atoms with Gasteiger partial charge in [0.25, 0.3) is 0 Å². The molecule has 0 amide bonds. The van der Waals surface area contributed by atoms with Gasteiger partial charge in [-0.25, -0.2) is 0 Å². The van der Waals surface area contributed by atoms with E-state index in [0.29, 0.717) is 0 Å². The van der Waals surface area contributed by atoms with E-state index in [0.717, 1.165) is 16.0 Å². The summed E-state index contributed by atoms with van der Waals surface area (Å²) in [7, 11) is 0. The Balaban J connectivity index is 3.14. The second kappa shape index (κ2) is 4.74. The Bertz CT molecular complexity index is 346. The molecule has 0 unspecified atom stereocenters. The van der Waals surface area contributed by atoms with Crippen molar-refractivity contribution in [2.24, 2.45) is 0 Å². The highest BCUT2D eigenvalue weighted by Crippen LogP contribution is 2.27. The number of nitriles is 1. The van der Waals surface area contributed by atoms with Crippen LogP contribution in [0, 0.1) is 11.3 Å². The summed E-state index contributed by atoms with van der Waals surface area (Å²) in [4.78, 5) is 1.06. The average molecular weight is 189 g/mol. The number of thioether (sulfide) groups is 1. The molecule has 1 rings (SSSR count). The summed E-state index contributed by atoms with van der Waals surface area (Å²) in [5, 5.41) is 8.78. The predicted octanol–water partition coefficient (Wildman–Crippen LogP) is 3.30. The molecule has 0 saturated heterocycles. The van der Waals surface area contributed by atoms with Crippen molar-refractivity contribution in [3.8, 4) is 6.07 Å². The highest BCUT2D eigenvalue weighted by atomic mass is 32.2. The topological polar surface area (TPSA) is 23.8 Å². The fourth-order valence-corrected chi connectivity index (χ4v) is 1.85. The minimum absolute atomic E-state index is 0.777. The highest BCUT2D eigenvalue weighted by molar-refractivity contribution is 8.07. The van der Waals surface area contributed by atoms with Gasteiger partial charge >= 0.3 is 0 Å². The van der Waals surface area contributed by atoms with Crippen molar-refractivity contribution in [1.82, 2.24) is 0 Å². The number of nitrogens with zero attached hydrogens (tertiary/aromatic N) is 1. The van der Waals surface area contributed by atoms with E-state index in [1.54, 1.807) is 11.8 Å². The summed E-state index contributed by atoms with van der Waals surface area (Å²) in [6.07, 6.45) is 1.99. The average Bonchev–Trinajstić information content (AvgIpc) is 2.20. The zero-order chi connectivity index (χ0) is 9.68. The van der Waals surface area contributed by atoms with Crippen LogP contribution in [0.3, 0.4) is 0 Å². The zero-order valence-corrected chi connectivity index (χ0v) is 8.56. The Kier molecular flexibility index (Phi) is 3.60. The SMILES string of the molecule is CS/C(=C(/C)C#N)c1ccccc1. The normalized spacial score (nSPS) is 11.8. The van der Waals surface area contributed by atoms with E-state index in [2.05, 4.69) is 6.07 Å². The maximum absolute atomic E-state index is 8.78. The van der Waals surface area contributed by atoms with E-state index in [4.69, 9.17) is 5.26 Å². The van der Waals surface area contributed by atoms with Crippen molar-refractivity contribution < 1.29 is 0 Å². The van der Waals surface area contributed by atoms with Gasteiger partial charge in [-0.3, -0.25) is 0 Å². The number of allylic oxidation sites excluding steroid dienone is 1. The van der Waals surface area contributed by atoms with Gasteiger partial charge in [-0.1, -0.05) is 30.3 Å². The molecule has 0 aliphatic rings. The molecule has 0 heterocycles. The molecule has 0 aliphatic carbocycles. The van der Waals surface area contributed by atoms with Gasteiger partial charge in [-0.2, -0.15) is 5.26 Å². The third kappa shape index (κ3) is 2.37. The van der Waals surface area contributed by atoms with Crippen LogP contribution < -0.4 is 0 Å². The first-order valence-electron chi connectivity index (χ1n) is 4.00. The third-order valence-corrected chi connectivity index (χ3v) is 2.70. The van der Waals surface area contributed by atoms with Crippen molar-refractivity contribution in [2.75, 3.05) is 6.26 Å². The highest BCUT2D eigenvalue weighted by Gasteiger charge is 2.02. The minimum Gasteiger partial charge on any atom is -0.193 e. The monoisotopic (exact) mass is 189 g/mol. The minimum atomic E-state index is 0.777. The van der Waals surface area contributed by atoms with E-state index in [1.807, 2.05) is 43.5 Å². The van der Waals surface area contributed by atoms with E-state index >= 15 is 0 Å². The van der Waals surface area contributed by atoms with Gasteiger partial charge < -0.3 is 0 Å². The molecular weight excluding hydrogens is 178 g/mol. The molecule has 0 bridgehead atoms. The number of benzene rings is 1. The van der Waals surface area contributed by atoms with E-state index in [-0.39, 0.29) is 0 Å². The molecule has 1 nitrogen and oxygen atoms in total. The second-order valence-corrected chi connectivity index (χ2v) is 3.45. The Labute approximate surface area is 83.1 Å². The molecule has 1 aromatic carbocycles. The van der Waals surface area contributed by atoms with Crippen LogP contribution in [0.25, 0.3) is 4.91 Å². The maximum Gasteiger partial charge on any atom is 0.0956 e. The maximum atomic E-state index is 8.78. The third-order valence-electron chi connectivity index (χ3n) is 1.75. The lowest BCUT2D eigenvalue weighted by Gasteiger charge is -2.04. The lowest BCUT2D eigenvalue weighted by Crippen LogP contribution is -1.82. The molecular formula is C11H11NS. The van der Waals surface area contributed by atoms with Crippen LogP contribution in [0.4, 0.5) is 0 Å². The molecule has 66 valence electrons. The Morgan fingerprint density at radius 1 is 1.31 bits per heavy atom. The van der Waals surface area contributed by atoms with Gasteiger partial charge in [-0.15, -0.1) is 11.8 Å². The van der Waals surface area contributed by atoms with Crippen LogP contribution in [-0.4, -0.2) is 6.26 Å². The summed E-state index contributed by atoms with van der Waals surface area (Å²) in [6.45, 7) is 1.85. The van der Waals surface area contributed by atoms with Crippen LogP contribution in [0.2, 0.25) is 0 Å². The lowest BCUT2D eigenvalue weighted by atomic mass is 10.1.